The maximum absolute atomic E-state index is 10.9. The standard InChI is InChI=1S/C17H17BrO3/c1-12(17(19)20)14-8-6-13(7-9-14)10-21-11-15-4-2-3-5-16(15)18/h2-9,12H,10-11H2,1H3,(H,19,20). The predicted octanol–water partition coefficient (Wildman–Crippen LogP) is 4.35. The molecule has 2 aromatic carbocycles. The maximum atomic E-state index is 10.9. The average Bonchev–Trinajstić information content (AvgIpc) is 2.49. The molecule has 0 amide bonds. The Kier molecular flexibility index (Phi) is 5.53. The van der Waals surface area contributed by atoms with Gasteiger partial charge >= 0.3 is 5.97 Å². The van der Waals surface area contributed by atoms with Crippen molar-refractivity contribution in [3.8, 4) is 0 Å². The number of hydrogen-bond acceptors (Lipinski definition) is 2. The number of aliphatic carboxylic acids is 1. The highest BCUT2D eigenvalue weighted by molar-refractivity contribution is 9.10. The molecule has 0 aliphatic carbocycles. The van der Waals surface area contributed by atoms with Crippen molar-refractivity contribution in [3.63, 3.8) is 0 Å². The molecule has 0 aliphatic heterocycles. The third-order valence-electron chi connectivity index (χ3n) is 3.33. The van der Waals surface area contributed by atoms with E-state index in [1.54, 1.807) is 6.92 Å². The molecule has 0 saturated carbocycles. The molecule has 0 saturated heterocycles. The summed E-state index contributed by atoms with van der Waals surface area (Å²) in [6, 6.07) is 15.5. The van der Waals surface area contributed by atoms with Gasteiger partial charge in [-0.3, -0.25) is 4.79 Å². The van der Waals surface area contributed by atoms with Crippen LogP contribution in [0.2, 0.25) is 0 Å². The van der Waals surface area contributed by atoms with E-state index in [9.17, 15) is 4.79 Å². The van der Waals surface area contributed by atoms with Crippen LogP contribution in [0.25, 0.3) is 0 Å². The molecule has 1 unspecified atom stereocenters. The van der Waals surface area contributed by atoms with Gasteiger partial charge < -0.3 is 9.84 Å². The highest BCUT2D eigenvalue weighted by atomic mass is 79.9. The van der Waals surface area contributed by atoms with Gasteiger partial charge in [0.2, 0.25) is 0 Å². The van der Waals surface area contributed by atoms with E-state index < -0.39 is 11.9 Å². The average molecular weight is 349 g/mol. The van der Waals surface area contributed by atoms with Gasteiger partial charge in [0.1, 0.15) is 0 Å². The number of carboxylic acid groups (broad SMARTS) is 1. The van der Waals surface area contributed by atoms with E-state index in [2.05, 4.69) is 15.9 Å². The highest BCUT2D eigenvalue weighted by Gasteiger charge is 2.12. The van der Waals surface area contributed by atoms with Crippen LogP contribution in [-0.4, -0.2) is 11.1 Å². The summed E-state index contributed by atoms with van der Waals surface area (Å²) in [5, 5.41) is 8.97. The molecule has 110 valence electrons. The molecule has 2 aromatic rings. The number of halogens is 1. The van der Waals surface area contributed by atoms with Crippen molar-refractivity contribution in [3.05, 3.63) is 69.7 Å². The molecule has 21 heavy (non-hydrogen) atoms. The third kappa shape index (κ3) is 4.41. The summed E-state index contributed by atoms with van der Waals surface area (Å²) in [5.74, 6) is -1.30. The molecular formula is C17H17BrO3. The lowest BCUT2D eigenvalue weighted by Gasteiger charge is -2.09. The lowest BCUT2D eigenvalue weighted by Crippen LogP contribution is -2.07. The number of hydrogen-bond donors (Lipinski definition) is 1. The maximum Gasteiger partial charge on any atom is 0.310 e. The van der Waals surface area contributed by atoms with Crippen LogP contribution in [0.4, 0.5) is 0 Å². The first-order valence-electron chi connectivity index (χ1n) is 6.70. The van der Waals surface area contributed by atoms with E-state index in [4.69, 9.17) is 9.84 Å². The van der Waals surface area contributed by atoms with Crippen molar-refractivity contribution < 1.29 is 14.6 Å². The molecule has 3 nitrogen and oxygen atoms in total. The Labute approximate surface area is 132 Å². The molecular weight excluding hydrogens is 332 g/mol. The van der Waals surface area contributed by atoms with Crippen molar-refractivity contribution in [1.82, 2.24) is 0 Å². The van der Waals surface area contributed by atoms with E-state index in [0.29, 0.717) is 13.2 Å². The zero-order valence-electron chi connectivity index (χ0n) is 11.8. The van der Waals surface area contributed by atoms with Crippen LogP contribution < -0.4 is 0 Å². The number of ether oxygens (including phenoxy) is 1. The zero-order valence-corrected chi connectivity index (χ0v) is 13.3. The fourth-order valence-electron chi connectivity index (χ4n) is 1.94. The topological polar surface area (TPSA) is 46.5 Å². The second-order valence-electron chi connectivity index (χ2n) is 4.89. The van der Waals surface area contributed by atoms with Gasteiger partial charge in [0.05, 0.1) is 19.1 Å². The van der Waals surface area contributed by atoms with Crippen LogP contribution in [0.5, 0.6) is 0 Å². The Hall–Kier alpha value is -1.65. The smallest absolute Gasteiger partial charge is 0.310 e. The summed E-state index contributed by atoms with van der Waals surface area (Å²) in [5.41, 5.74) is 2.94. The minimum Gasteiger partial charge on any atom is -0.481 e. The van der Waals surface area contributed by atoms with Gasteiger partial charge in [-0.15, -0.1) is 0 Å². The Bertz CT molecular complexity index is 608. The molecule has 0 heterocycles. The Morgan fingerprint density at radius 3 is 2.43 bits per heavy atom. The van der Waals surface area contributed by atoms with Gasteiger partial charge in [-0.05, 0) is 29.7 Å². The quantitative estimate of drug-likeness (QED) is 0.843. The molecule has 0 fully saturated rings. The molecule has 2 rings (SSSR count). The summed E-state index contributed by atoms with van der Waals surface area (Å²) >= 11 is 3.49. The van der Waals surface area contributed by atoms with Crippen LogP contribution in [0.15, 0.2) is 53.0 Å². The van der Waals surface area contributed by atoms with Crippen molar-refractivity contribution in [2.75, 3.05) is 0 Å². The van der Waals surface area contributed by atoms with Crippen LogP contribution in [0.3, 0.4) is 0 Å². The SMILES string of the molecule is CC(C(=O)O)c1ccc(COCc2ccccc2Br)cc1. The van der Waals surface area contributed by atoms with E-state index in [1.165, 1.54) is 0 Å². The number of rotatable bonds is 6. The lowest BCUT2D eigenvalue weighted by atomic mass is 10.0. The van der Waals surface area contributed by atoms with E-state index >= 15 is 0 Å². The summed E-state index contributed by atoms with van der Waals surface area (Å²) in [7, 11) is 0. The van der Waals surface area contributed by atoms with Crippen molar-refractivity contribution >= 4 is 21.9 Å². The molecule has 0 aromatic heterocycles. The summed E-state index contributed by atoms with van der Waals surface area (Å²) in [4.78, 5) is 10.9. The van der Waals surface area contributed by atoms with Crippen LogP contribution in [-0.2, 0) is 22.7 Å². The highest BCUT2D eigenvalue weighted by Crippen LogP contribution is 2.19. The summed E-state index contributed by atoms with van der Waals surface area (Å²) in [6.07, 6.45) is 0. The van der Waals surface area contributed by atoms with Gasteiger partial charge in [-0.2, -0.15) is 0 Å². The second-order valence-corrected chi connectivity index (χ2v) is 5.74. The number of carboxylic acids is 1. The Morgan fingerprint density at radius 2 is 1.81 bits per heavy atom. The first-order chi connectivity index (χ1) is 10.1. The number of carbonyl (C=O) groups is 1. The minimum atomic E-state index is -0.812. The van der Waals surface area contributed by atoms with E-state index in [-0.39, 0.29) is 0 Å². The van der Waals surface area contributed by atoms with Crippen molar-refractivity contribution in [2.45, 2.75) is 26.1 Å². The molecule has 1 atom stereocenters. The van der Waals surface area contributed by atoms with Crippen molar-refractivity contribution in [1.29, 1.82) is 0 Å². The minimum absolute atomic E-state index is 0.486. The van der Waals surface area contributed by atoms with E-state index in [1.807, 2.05) is 48.5 Å². The Balaban J connectivity index is 1.90. The van der Waals surface area contributed by atoms with Crippen LogP contribution in [0.1, 0.15) is 29.5 Å². The summed E-state index contributed by atoms with van der Waals surface area (Å²) in [6.45, 7) is 2.72. The fraction of sp³-hybridized carbons (Fsp3) is 0.235. The van der Waals surface area contributed by atoms with Crippen molar-refractivity contribution in [2.24, 2.45) is 0 Å². The lowest BCUT2D eigenvalue weighted by molar-refractivity contribution is -0.138. The van der Waals surface area contributed by atoms with Crippen LogP contribution in [0, 0.1) is 0 Å². The molecule has 0 radical (unpaired) electrons. The monoisotopic (exact) mass is 348 g/mol. The molecule has 4 heteroatoms. The Morgan fingerprint density at radius 1 is 1.14 bits per heavy atom. The molecule has 1 N–H and O–H groups in total. The number of benzene rings is 2. The summed E-state index contributed by atoms with van der Waals surface area (Å²) < 4.78 is 6.73. The largest absolute Gasteiger partial charge is 0.481 e. The predicted molar refractivity (Wildman–Crippen MR) is 85.1 cm³/mol. The van der Waals surface area contributed by atoms with Gasteiger partial charge in [0.25, 0.3) is 0 Å². The first kappa shape index (κ1) is 15.7. The fourth-order valence-corrected chi connectivity index (χ4v) is 2.34. The molecule has 0 bridgehead atoms. The van der Waals surface area contributed by atoms with Gasteiger partial charge in [-0.1, -0.05) is 58.4 Å². The van der Waals surface area contributed by atoms with E-state index in [0.717, 1.165) is 21.2 Å². The molecule has 0 aliphatic rings. The van der Waals surface area contributed by atoms with Crippen LogP contribution >= 0.6 is 15.9 Å². The molecule has 0 spiro atoms. The second kappa shape index (κ2) is 7.38. The first-order valence-corrected chi connectivity index (χ1v) is 7.50. The van der Waals surface area contributed by atoms with Gasteiger partial charge in [-0.25, -0.2) is 0 Å². The normalized spacial score (nSPS) is 12.1. The van der Waals surface area contributed by atoms with Gasteiger partial charge in [0.15, 0.2) is 0 Å². The zero-order chi connectivity index (χ0) is 15.2. The van der Waals surface area contributed by atoms with Gasteiger partial charge in [0, 0.05) is 4.47 Å². The third-order valence-corrected chi connectivity index (χ3v) is 4.11.